The summed E-state index contributed by atoms with van der Waals surface area (Å²) in [6.45, 7) is 1.52. The van der Waals surface area contributed by atoms with Gasteiger partial charge in [-0.3, -0.25) is 9.20 Å². The number of fused-ring (bicyclic) bond motifs is 1. The lowest BCUT2D eigenvalue weighted by Gasteiger charge is -2.11. The van der Waals surface area contributed by atoms with Crippen molar-refractivity contribution in [2.45, 2.75) is 25.6 Å². The van der Waals surface area contributed by atoms with Crippen molar-refractivity contribution in [2.75, 3.05) is 0 Å². The molecule has 0 aliphatic heterocycles. The van der Waals surface area contributed by atoms with Crippen LogP contribution in [0.2, 0.25) is 5.15 Å². The van der Waals surface area contributed by atoms with Crippen molar-refractivity contribution in [1.82, 2.24) is 19.2 Å². The maximum Gasteiger partial charge on any atom is 0.435 e. The Kier molecular flexibility index (Phi) is 4.38. The molecule has 1 aliphatic carbocycles. The second-order valence-corrected chi connectivity index (χ2v) is 7.28. The van der Waals surface area contributed by atoms with Gasteiger partial charge in [0.15, 0.2) is 5.69 Å². The molecule has 11 heteroatoms. The van der Waals surface area contributed by atoms with E-state index in [2.05, 4.69) is 16.2 Å². The minimum atomic E-state index is -4.66. The molecule has 3 aromatic rings. The van der Waals surface area contributed by atoms with Crippen molar-refractivity contribution in [3.05, 3.63) is 62.7 Å². The predicted octanol–water partition coefficient (Wildman–Crippen LogP) is 3.62. The Hall–Kier alpha value is -2.93. The third-order valence-electron chi connectivity index (χ3n) is 5.04. The SMILES string of the molecule is C[C@@H]1[C@@H](C#N)[C@@H]1c1c(F)ccc2nc(Cn3nc(C(F)(F)F)cc3Cl)cc(=O)n12. The monoisotopic (exact) mass is 425 g/mol. The Morgan fingerprint density at radius 1 is 1.31 bits per heavy atom. The lowest BCUT2D eigenvalue weighted by molar-refractivity contribution is -0.141. The van der Waals surface area contributed by atoms with Gasteiger partial charge in [0.25, 0.3) is 5.56 Å². The largest absolute Gasteiger partial charge is 0.435 e. The lowest BCUT2D eigenvalue weighted by atomic mass is 10.2. The van der Waals surface area contributed by atoms with Crippen molar-refractivity contribution in [3.63, 3.8) is 0 Å². The van der Waals surface area contributed by atoms with Gasteiger partial charge in [0.1, 0.15) is 16.6 Å². The fourth-order valence-electron chi connectivity index (χ4n) is 3.51. The minimum absolute atomic E-state index is 0.0853. The Bertz CT molecular complexity index is 1230. The molecule has 6 nitrogen and oxygen atoms in total. The van der Waals surface area contributed by atoms with Crippen LogP contribution in [0.3, 0.4) is 0 Å². The number of halogens is 5. The maximum atomic E-state index is 14.5. The van der Waals surface area contributed by atoms with Gasteiger partial charge in [-0.1, -0.05) is 18.5 Å². The molecular weight excluding hydrogens is 414 g/mol. The molecule has 1 fully saturated rings. The second kappa shape index (κ2) is 6.56. The van der Waals surface area contributed by atoms with E-state index in [0.717, 1.165) is 21.2 Å². The summed E-state index contributed by atoms with van der Waals surface area (Å²) >= 11 is 5.81. The number of aromatic nitrogens is 4. The molecule has 0 bridgehead atoms. The van der Waals surface area contributed by atoms with Crippen molar-refractivity contribution in [2.24, 2.45) is 11.8 Å². The van der Waals surface area contributed by atoms with Crippen LogP contribution in [0, 0.1) is 29.0 Å². The number of nitrogens with zero attached hydrogens (tertiary/aromatic N) is 5. The van der Waals surface area contributed by atoms with Crippen LogP contribution >= 0.6 is 11.6 Å². The van der Waals surface area contributed by atoms with Crippen molar-refractivity contribution >= 4 is 17.2 Å². The van der Waals surface area contributed by atoms with Crippen molar-refractivity contribution in [1.29, 1.82) is 5.26 Å². The molecule has 1 saturated carbocycles. The average Bonchev–Trinajstić information content (AvgIpc) is 3.12. The summed E-state index contributed by atoms with van der Waals surface area (Å²) in [4.78, 5) is 16.9. The van der Waals surface area contributed by atoms with Crippen LogP contribution in [-0.4, -0.2) is 19.2 Å². The third-order valence-corrected chi connectivity index (χ3v) is 5.34. The zero-order chi connectivity index (χ0) is 21.1. The quantitative estimate of drug-likeness (QED) is 0.600. The van der Waals surface area contributed by atoms with Gasteiger partial charge in [-0.15, -0.1) is 0 Å². The molecule has 0 saturated heterocycles. The second-order valence-electron chi connectivity index (χ2n) is 6.89. The highest BCUT2D eigenvalue weighted by molar-refractivity contribution is 6.29. The molecule has 29 heavy (non-hydrogen) atoms. The number of nitriles is 1. The predicted molar refractivity (Wildman–Crippen MR) is 93.8 cm³/mol. The summed E-state index contributed by atoms with van der Waals surface area (Å²) in [5.41, 5.74) is -1.43. The van der Waals surface area contributed by atoms with E-state index in [4.69, 9.17) is 16.9 Å². The Labute approximate surface area is 166 Å². The zero-order valence-corrected chi connectivity index (χ0v) is 15.5. The van der Waals surface area contributed by atoms with E-state index in [1.807, 2.05) is 0 Å². The molecule has 0 aromatic carbocycles. The van der Waals surface area contributed by atoms with Gasteiger partial charge >= 0.3 is 6.18 Å². The van der Waals surface area contributed by atoms with Gasteiger partial charge in [-0.05, 0) is 18.1 Å². The van der Waals surface area contributed by atoms with Crippen LogP contribution in [0.4, 0.5) is 17.6 Å². The molecule has 4 rings (SSSR count). The highest BCUT2D eigenvalue weighted by Crippen LogP contribution is 2.53. The number of rotatable bonds is 3. The molecule has 150 valence electrons. The zero-order valence-electron chi connectivity index (χ0n) is 14.8. The summed E-state index contributed by atoms with van der Waals surface area (Å²) in [5, 5.41) is 12.3. The summed E-state index contributed by atoms with van der Waals surface area (Å²) < 4.78 is 54.8. The number of hydrogen-bond donors (Lipinski definition) is 0. The maximum absolute atomic E-state index is 14.5. The number of pyridine rings is 1. The van der Waals surface area contributed by atoms with Crippen LogP contribution in [0.5, 0.6) is 0 Å². The fraction of sp³-hybridized carbons (Fsp3) is 0.333. The van der Waals surface area contributed by atoms with Gasteiger partial charge < -0.3 is 0 Å². The Morgan fingerprint density at radius 2 is 2.03 bits per heavy atom. The van der Waals surface area contributed by atoms with Gasteiger partial charge in [-0.25, -0.2) is 14.1 Å². The molecular formula is C18H12ClF4N5O. The molecule has 1 aliphatic rings. The molecule has 0 spiro atoms. The summed E-state index contributed by atoms with van der Waals surface area (Å²) in [6.07, 6.45) is -4.66. The van der Waals surface area contributed by atoms with Gasteiger partial charge in [-0.2, -0.15) is 23.5 Å². The minimum Gasteiger partial charge on any atom is -0.269 e. The first-order valence-corrected chi connectivity index (χ1v) is 8.91. The van der Waals surface area contributed by atoms with Crippen molar-refractivity contribution < 1.29 is 17.6 Å². The van der Waals surface area contributed by atoms with E-state index >= 15 is 0 Å². The molecule has 3 atom stereocenters. The van der Waals surface area contributed by atoms with E-state index in [9.17, 15) is 22.4 Å². The van der Waals surface area contributed by atoms with Crippen molar-refractivity contribution in [3.8, 4) is 6.07 Å². The highest BCUT2D eigenvalue weighted by Gasteiger charge is 2.50. The summed E-state index contributed by atoms with van der Waals surface area (Å²) in [6, 6.07) is 6.32. The average molecular weight is 426 g/mol. The molecule has 3 aromatic heterocycles. The summed E-state index contributed by atoms with van der Waals surface area (Å²) in [7, 11) is 0. The van der Waals surface area contributed by atoms with Crippen LogP contribution in [0.25, 0.3) is 5.65 Å². The van der Waals surface area contributed by atoms with E-state index in [0.29, 0.717) is 6.07 Å². The fourth-order valence-corrected chi connectivity index (χ4v) is 3.71. The third kappa shape index (κ3) is 3.25. The van der Waals surface area contributed by atoms with E-state index in [-0.39, 0.29) is 34.7 Å². The molecule has 0 unspecified atom stereocenters. The van der Waals surface area contributed by atoms with Gasteiger partial charge in [0, 0.05) is 18.1 Å². The number of alkyl halides is 3. The first kappa shape index (κ1) is 19.4. The van der Waals surface area contributed by atoms with Crippen LogP contribution in [0.15, 0.2) is 29.1 Å². The van der Waals surface area contributed by atoms with E-state index in [1.54, 1.807) is 6.92 Å². The van der Waals surface area contributed by atoms with E-state index < -0.39 is 35.1 Å². The molecule has 0 amide bonds. The Balaban J connectivity index is 1.77. The smallest absolute Gasteiger partial charge is 0.269 e. The van der Waals surface area contributed by atoms with Gasteiger partial charge in [0.05, 0.1) is 29.9 Å². The van der Waals surface area contributed by atoms with Crippen LogP contribution in [0.1, 0.15) is 29.9 Å². The van der Waals surface area contributed by atoms with Crippen LogP contribution < -0.4 is 5.56 Å². The Morgan fingerprint density at radius 3 is 2.62 bits per heavy atom. The van der Waals surface area contributed by atoms with E-state index in [1.165, 1.54) is 6.07 Å². The van der Waals surface area contributed by atoms with Crippen LogP contribution in [-0.2, 0) is 12.7 Å². The topological polar surface area (TPSA) is 76.0 Å². The highest BCUT2D eigenvalue weighted by atomic mass is 35.5. The normalized spacial score (nSPS) is 21.3. The molecule has 0 N–H and O–H groups in total. The summed E-state index contributed by atoms with van der Waals surface area (Å²) in [5.74, 6) is -1.54. The molecule has 0 radical (unpaired) electrons. The first-order chi connectivity index (χ1) is 13.6. The standard InChI is InChI=1S/C18H12ClF4N5O/c1-8-10(6-24)16(8)17-11(20)2-3-14-25-9(4-15(29)28(14)17)7-27-13(19)5-12(26-27)18(21,22)23/h2-5,8,10,16H,7H2,1H3/t8-,10-,16-/m1/s1. The lowest BCUT2D eigenvalue weighted by Crippen LogP contribution is -2.21. The first-order valence-electron chi connectivity index (χ1n) is 8.53. The number of hydrogen-bond acceptors (Lipinski definition) is 4. The van der Waals surface area contributed by atoms with Gasteiger partial charge in [0.2, 0.25) is 0 Å². The molecule has 3 heterocycles.